The van der Waals surface area contributed by atoms with Gasteiger partial charge < -0.3 is 15.2 Å². The van der Waals surface area contributed by atoms with Gasteiger partial charge >= 0.3 is 5.97 Å². The number of ether oxygens (including phenoxy) is 1. The van der Waals surface area contributed by atoms with Gasteiger partial charge in [-0.15, -0.1) is 0 Å². The maximum Gasteiger partial charge on any atom is 0.307 e. The summed E-state index contributed by atoms with van der Waals surface area (Å²) in [5.41, 5.74) is 1.64. The van der Waals surface area contributed by atoms with E-state index in [1.165, 1.54) is 0 Å². The lowest BCUT2D eigenvalue weighted by molar-refractivity contribution is -0.147. The molecule has 5 nitrogen and oxygen atoms in total. The molecule has 0 aliphatic heterocycles. The van der Waals surface area contributed by atoms with Crippen molar-refractivity contribution in [2.75, 3.05) is 0 Å². The van der Waals surface area contributed by atoms with Gasteiger partial charge in [-0.3, -0.25) is 9.59 Å². The van der Waals surface area contributed by atoms with Gasteiger partial charge in [0.1, 0.15) is 11.4 Å². The van der Waals surface area contributed by atoms with Crippen molar-refractivity contribution in [3.05, 3.63) is 41.5 Å². The van der Waals surface area contributed by atoms with Crippen LogP contribution in [0.25, 0.3) is 0 Å². The molecule has 2 bridgehead atoms. The maximum absolute atomic E-state index is 12.7. The van der Waals surface area contributed by atoms with Crippen molar-refractivity contribution < 1.29 is 19.4 Å². The predicted molar refractivity (Wildman–Crippen MR) is 98.8 cm³/mol. The van der Waals surface area contributed by atoms with E-state index >= 15 is 0 Å². The first-order valence-corrected chi connectivity index (χ1v) is 9.13. The molecule has 5 heteroatoms. The summed E-state index contributed by atoms with van der Waals surface area (Å²) in [4.78, 5) is 24.3. The molecule has 0 radical (unpaired) electrons. The van der Waals surface area contributed by atoms with E-state index in [4.69, 9.17) is 4.74 Å². The molecule has 1 aromatic carbocycles. The second-order valence-electron chi connectivity index (χ2n) is 8.38. The highest BCUT2D eigenvalue weighted by molar-refractivity contribution is 5.86. The Morgan fingerprint density at radius 3 is 2.46 bits per heavy atom. The molecule has 2 aliphatic rings. The highest BCUT2D eigenvalue weighted by Gasteiger charge is 2.51. The first-order valence-electron chi connectivity index (χ1n) is 9.13. The molecule has 1 fully saturated rings. The number of carboxylic acid groups (broad SMARTS) is 1. The Morgan fingerprint density at radius 2 is 1.85 bits per heavy atom. The van der Waals surface area contributed by atoms with Crippen LogP contribution in [0.2, 0.25) is 0 Å². The van der Waals surface area contributed by atoms with Gasteiger partial charge in [-0.25, -0.2) is 0 Å². The van der Waals surface area contributed by atoms with Gasteiger partial charge in [0.05, 0.1) is 11.8 Å². The van der Waals surface area contributed by atoms with Gasteiger partial charge in [-0.1, -0.05) is 24.3 Å². The van der Waals surface area contributed by atoms with E-state index in [-0.39, 0.29) is 23.3 Å². The lowest BCUT2D eigenvalue weighted by atomic mass is 9.82. The second kappa shape index (κ2) is 6.78. The number of amides is 1. The highest BCUT2D eigenvalue weighted by Crippen LogP contribution is 2.48. The average Bonchev–Trinajstić information content (AvgIpc) is 3.13. The number of rotatable bonds is 5. The van der Waals surface area contributed by atoms with Crippen LogP contribution in [0.5, 0.6) is 5.75 Å². The molecule has 0 saturated heterocycles. The fourth-order valence-corrected chi connectivity index (χ4v) is 4.05. The number of nitrogens with one attached hydrogen (secondary N) is 1. The molecule has 0 heterocycles. The lowest BCUT2D eigenvalue weighted by Gasteiger charge is -2.25. The van der Waals surface area contributed by atoms with Crippen molar-refractivity contribution >= 4 is 11.9 Å². The zero-order valence-electron chi connectivity index (χ0n) is 15.8. The van der Waals surface area contributed by atoms with E-state index in [0.29, 0.717) is 6.54 Å². The number of benzene rings is 1. The Morgan fingerprint density at radius 1 is 1.19 bits per heavy atom. The number of carbonyl (C=O) groups is 2. The molecule has 26 heavy (non-hydrogen) atoms. The number of hydrogen-bond acceptors (Lipinski definition) is 3. The summed E-state index contributed by atoms with van der Waals surface area (Å²) < 4.78 is 6.02. The Hall–Kier alpha value is -2.30. The molecular weight excluding hydrogens is 330 g/mol. The molecule has 2 N–H and O–H groups in total. The topological polar surface area (TPSA) is 75.6 Å². The molecule has 1 amide bonds. The van der Waals surface area contributed by atoms with Gasteiger partial charge in [0.25, 0.3) is 0 Å². The Balaban J connectivity index is 1.72. The fraction of sp³-hybridized carbons (Fsp3) is 0.524. The number of allylic oxidation sites excluding steroid dienone is 2. The molecule has 4 unspecified atom stereocenters. The summed E-state index contributed by atoms with van der Waals surface area (Å²) in [5.74, 6) is -1.41. The van der Waals surface area contributed by atoms with Crippen LogP contribution in [0.3, 0.4) is 0 Å². The average molecular weight is 357 g/mol. The van der Waals surface area contributed by atoms with Crippen LogP contribution in [0.15, 0.2) is 30.4 Å². The minimum Gasteiger partial charge on any atom is -0.488 e. The third-order valence-electron chi connectivity index (χ3n) is 5.14. The van der Waals surface area contributed by atoms with Crippen molar-refractivity contribution in [3.63, 3.8) is 0 Å². The Labute approximate surface area is 154 Å². The first kappa shape index (κ1) is 18.5. The third kappa shape index (κ3) is 3.76. The molecule has 140 valence electrons. The molecule has 4 atom stereocenters. The summed E-state index contributed by atoms with van der Waals surface area (Å²) in [6.45, 7) is 8.27. The van der Waals surface area contributed by atoms with Crippen LogP contribution in [0.4, 0.5) is 0 Å². The minimum absolute atomic E-state index is 0.0209. The highest BCUT2D eigenvalue weighted by atomic mass is 16.5. The van der Waals surface area contributed by atoms with Crippen molar-refractivity contribution in [3.8, 4) is 5.75 Å². The molecule has 0 aromatic heterocycles. The number of aliphatic carboxylic acids is 1. The summed E-state index contributed by atoms with van der Waals surface area (Å²) >= 11 is 0. The second-order valence-corrected chi connectivity index (χ2v) is 8.38. The van der Waals surface area contributed by atoms with E-state index in [1.54, 1.807) is 0 Å². The van der Waals surface area contributed by atoms with E-state index in [2.05, 4.69) is 5.32 Å². The first-order chi connectivity index (χ1) is 12.2. The monoisotopic (exact) mass is 357 g/mol. The van der Waals surface area contributed by atoms with Crippen molar-refractivity contribution in [1.82, 2.24) is 5.32 Å². The van der Waals surface area contributed by atoms with E-state index in [0.717, 1.165) is 23.3 Å². The van der Waals surface area contributed by atoms with Crippen molar-refractivity contribution in [1.29, 1.82) is 0 Å². The van der Waals surface area contributed by atoms with Gasteiger partial charge in [0, 0.05) is 12.1 Å². The molecule has 2 aliphatic carbocycles. The third-order valence-corrected chi connectivity index (χ3v) is 5.14. The van der Waals surface area contributed by atoms with Gasteiger partial charge in [-0.2, -0.15) is 0 Å². The molecule has 0 spiro atoms. The summed E-state index contributed by atoms with van der Waals surface area (Å²) in [5, 5.41) is 12.4. The molecule has 3 rings (SSSR count). The lowest BCUT2D eigenvalue weighted by Crippen LogP contribution is -2.40. The van der Waals surface area contributed by atoms with Crippen LogP contribution in [-0.4, -0.2) is 22.6 Å². The quantitative estimate of drug-likeness (QED) is 0.793. The zero-order chi connectivity index (χ0) is 19.1. The number of carbonyl (C=O) groups excluding carboxylic acids is 1. The normalized spacial score (nSPS) is 26.8. The molecular formula is C21H27NO4. The van der Waals surface area contributed by atoms with Crippen LogP contribution in [0.1, 0.15) is 38.3 Å². The summed E-state index contributed by atoms with van der Waals surface area (Å²) in [6, 6.07) is 5.90. The number of fused-ring (bicyclic) bond motifs is 2. The SMILES string of the molecule is Cc1ccc(CNC(=O)C2C3C=CC(C3)C2C(=O)O)c(OC(C)(C)C)c1. The number of carboxylic acids is 1. The van der Waals surface area contributed by atoms with Crippen LogP contribution in [-0.2, 0) is 16.1 Å². The van der Waals surface area contributed by atoms with Crippen LogP contribution in [0, 0.1) is 30.6 Å². The van der Waals surface area contributed by atoms with E-state index in [1.807, 2.05) is 58.0 Å². The summed E-state index contributed by atoms with van der Waals surface area (Å²) in [7, 11) is 0. The standard InChI is InChI=1S/C21H27NO4/c1-12-5-6-15(16(9-12)26-21(2,3)4)11-22-19(23)17-13-7-8-14(10-13)18(17)20(24)25/h5-9,13-14,17-18H,10-11H2,1-4H3,(H,22,23)(H,24,25). The fourth-order valence-electron chi connectivity index (χ4n) is 4.05. The van der Waals surface area contributed by atoms with Crippen molar-refractivity contribution in [2.45, 2.75) is 46.3 Å². The Bertz CT molecular complexity index is 747. The van der Waals surface area contributed by atoms with Crippen molar-refractivity contribution in [2.24, 2.45) is 23.7 Å². The number of aryl methyl sites for hydroxylation is 1. The van der Waals surface area contributed by atoms with Gasteiger partial charge in [-0.05, 0) is 57.6 Å². The Kier molecular flexibility index (Phi) is 4.82. The van der Waals surface area contributed by atoms with Gasteiger partial charge in [0.15, 0.2) is 0 Å². The van der Waals surface area contributed by atoms with Crippen LogP contribution < -0.4 is 10.1 Å². The predicted octanol–water partition coefficient (Wildman–Crippen LogP) is 3.31. The van der Waals surface area contributed by atoms with Gasteiger partial charge in [0.2, 0.25) is 5.91 Å². The van der Waals surface area contributed by atoms with E-state index < -0.39 is 17.8 Å². The largest absolute Gasteiger partial charge is 0.488 e. The maximum atomic E-state index is 12.7. The minimum atomic E-state index is -0.880. The number of hydrogen-bond donors (Lipinski definition) is 2. The smallest absolute Gasteiger partial charge is 0.307 e. The zero-order valence-corrected chi connectivity index (χ0v) is 15.8. The molecule has 1 saturated carbocycles. The summed E-state index contributed by atoms with van der Waals surface area (Å²) in [6.07, 6.45) is 4.70. The van der Waals surface area contributed by atoms with E-state index in [9.17, 15) is 14.7 Å². The molecule has 1 aromatic rings. The van der Waals surface area contributed by atoms with Crippen LogP contribution >= 0.6 is 0 Å².